The molecule has 188 valence electrons. The van der Waals surface area contributed by atoms with E-state index in [2.05, 4.69) is 51.0 Å². The van der Waals surface area contributed by atoms with Crippen molar-refractivity contribution in [3.63, 3.8) is 0 Å². The molecule has 0 aliphatic rings. The first-order valence-corrected chi connectivity index (χ1v) is 11.5. The lowest BCUT2D eigenvalue weighted by molar-refractivity contribution is -0.139. The average molecular weight is 543 g/mol. The number of methoxy groups -OCH3 is 1. The fraction of sp³-hybridized carbons (Fsp3) is 0.304. The van der Waals surface area contributed by atoms with Crippen molar-refractivity contribution in [3.8, 4) is 11.6 Å². The summed E-state index contributed by atoms with van der Waals surface area (Å²) in [5, 5.41) is 8.64. The molecule has 35 heavy (non-hydrogen) atoms. The lowest BCUT2D eigenvalue weighted by Gasteiger charge is -2.24. The number of likely N-dealkylation sites (N-methyl/N-ethyl adjacent to an activating group) is 1. The van der Waals surface area contributed by atoms with E-state index in [1.54, 1.807) is 19.5 Å². The molecule has 0 atom stereocenters. The standard InChI is InChI=1S/C16H22N4O.C7H4Cl3NO3/c1-19(2)11-12-20(16-17-9-4-10-18-16)13-14-5-7-15(21-3)8-6-14;8-3-1-4(9)7(11-6(3)10)14-2-5(12)13/h4-10H,11-13H2,1-3H3;1H,2H2,(H,12,13). The van der Waals surface area contributed by atoms with Crippen LogP contribution in [0.4, 0.5) is 5.95 Å². The SMILES string of the molecule is COc1ccc(CN(CCN(C)C)c2ncccn2)cc1.O=C(O)COc1nc(Cl)c(Cl)cc1Cl. The van der Waals surface area contributed by atoms with Gasteiger partial charge in [0.15, 0.2) is 11.8 Å². The Kier molecular flexibility index (Phi) is 11.8. The number of hydrogen-bond acceptors (Lipinski definition) is 8. The fourth-order valence-corrected chi connectivity index (χ4v) is 3.18. The summed E-state index contributed by atoms with van der Waals surface area (Å²) in [6.07, 6.45) is 3.55. The van der Waals surface area contributed by atoms with Crippen molar-refractivity contribution in [1.29, 1.82) is 0 Å². The Morgan fingerprint density at radius 3 is 2.26 bits per heavy atom. The van der Waals surface area contributed by atoms with Crippen LogP contribution in [-0.2, 0) is 11.3 Å². The molecule has 0 saturated heterocycles. The zero-order chi connectivity index (χ0) is 25.8. The van der Waals surface area contributed by atoms with Crippen LogP contribution in [0.2, 0.25) is 15.2 Å². The van der Waals surface area contributed by atoms with Crippen LogP contribution in [0.15, 0.2) is 48.8 Å². The fourth-order valence-electron chi connectivity index (χ4n) is 2.64. The molecule has 1 N–H and O–H groups in total. The monoisotopic (exact) mass is 541 g/mol. The van der Waals surface area contributed by atoms with Gasteiger partial charge in [0.25, 0.3) is 0 Å². The van der Waals surface area contributed by atoms with Crippen molar-refractivity contribution in [1.82, 2.24) is 19.9 Å². The minimum atomic E-state index is -1.13. The Hall–Kier alpha value is -2.85. The molecule has 0 radical (unpaired) electrons. The van der Waals surface area contributed by atoms with Gasteiger partial charge in [-0.25, -0.2) is 14.8 Å². The van der Waals surface area contributed by atoms with E-state index < -0.39 is 12.6 Å². The molecule has 3 aromatic rings. The normalized spacial score (nSPS) is 10.4. The van der Waals surface area contributed by atoms with Gasteiger partial charge in [0, 0.05) is 32.0 Å². The molecule has 0 amide bonds. The van der Waals surface area contributed by atoms with Gasteiger partial charge in [0.1, 0.15) is 10.8 Å². The van der Waals surface area contributed by atoms with Crippen LogP contribution >= 0.6 is 34.8 Å². The maximum atomic E-state index is 10.2. The molecular formula is C23H26Cl3N5O4. The molecule has 1 aromatic carbocycles. The molecule has 0 fully saturated rings. The number of benzene rings is 1. The third kappa shape index (κ3) is 10.1. The van der Waals surface area contributed by atoms with E-state index in [1.165, 1.54) is 11.6 Å². The van der Waals surface area contributed by atoms with Crippen LogP contribution in [0.1, 0.15) is 5.56 Å². The highest BCUT2D eigenvalue weighted by Gasteiger charge is 2.11. The molecule has 2 aromatic heterocycles. The first-order chi connectivity index (χ1) is 16.7. The number of pyridine rings is 1. The lowest BCUT2D eigenvalue weighted by Crippen LogP contribution is -2.32. The molecule has 0 saturated carbocycles. The Bertz CT molecular complexity index is 1070. The van der Waals surface area contributed by atoms with Crippen molar-refractivity contribution >= 4 is 46.7 Å². The van der Waals surface area contributed by atoms with Crippen molar-refractivity contribution in [2.45, 2.75) is 6.54 Å². The van der Waals surface area contributed by atoms with Crippen LogP contribution in [0.25, 0.3) is 0 Å². The smallest absolute Gasteiger partial charge is 0.341 e. The Morgan fingerprint density at radius 2 is 1.69 bits per heavy atom. The first-order valence-electron chi connectivity index (χ1n) is 10.3. The summed E-state index contributed by atoms with van der Waals surface area (Å²) in [5.74, 6) is 0.446. The molecule has 12 heteroatoms. The van der Waals surface area contributed by atoms with Gasteiger partial charge in [-0.05, 0) is 43.9 Å². The van der Waals surface area contributed by atoms with E-state index in [4.69, 9.17) is 49.4 Å². The Morgan fingerprint density at radius 1 is 1.03 bits per heavy atom. The number of carboxylic acids is 1. The van der Waals surface area contributed by atoms with Crippen molar-refractivity contribution in [2.24, 2.45) is 0 Å². The maximum absolute atomic E-state index is 10.2. The van der Waals surface area contributed by atoms with E-state index >= 15 is 0 Å². The third-order valence-electron chi connectivity index (χ3n) is 4.37. The van der Waals surface area contributed by atoms with Crippen LogP contribution in [0, 0.1) is 0 Å². The first kappa shape index (κ1) is 28.4. The molecule has 9 nitrogen and oxygen atoms in total. The molecule has 0 aliphatic carbocycles. The van der Waals surface area contributed by atoms with E-state index in [9.17, 15) is 4.79 Å². The molecular weight excluding hydrogens is 517 g/mol. The van der Waals surface area contributed by atoms with Crippen LogP contribution < -0.4 is 14.4 Å². The predicted molar refractivity (Wildman–Crippen MR) is 137 cm³/mol. The van der Waals surface area contributed by atoms with Crippen molar-refractivity contribution in [2.75, 3.05) is 45.8 Å². The molecule has 2 heterocycles. The summed E-state index contributed by atoms with van der Waals surface area (Å²) in [7, 11) is 5.81. The largest absolute Gasteiger partial charge is 0.497 e. The lowest BCUT2D eigenvalue weighted by atomic mass is 10.2. The van der Waals surface area contributed by atoms with Gasteiger partial charge in [-0.15, -0.1) is 0 Å². The summed E-state index contributed by atoms with van der Waals surface area (Å²) in [6, 6.07) is 11.3. The number of aliphatic carboxylic acids is 1. The Labute approximate surface area is 219 Å². The minimum Gasteiger partial charge on any atom is -0.497 e. The van der Waals surface area contributed by atoms with Gasteiger partial charge in [-0.1, -0.05) is 46.9 Å². The highest BCUT2D eigenvalue weighted by molar-refractivity contribution is 6.42. The maximum Gasteiger partial charge on any atom is 0.341 e. The van der Waals surface area contributed by atoms with Gasteiger partial charge in [-0.2, -0.15) is 4.98 Å². The molecule has 3 rings (SSSR count). The number of aromatic nitrogens is 3. The van der Waals surface area contributed by atoms with Gasteiger partial charge in [-0.3, -0.25) is 0 Å². The summed E-state index contributed by atoms with van der Waals surface area (Å²) in [5.41, 5.74) is 1.21. The summed E-state index contributed by atoms with van der Waals surface area (Å²) in [6.45, 7) is 2.07. The average Bonchev–Trinajstić information content (AvgIpc) is 2.84. The number of carbonyl (C=O) groups is 1. The van der Waals surface area contributed by atoms with Crippen molar-refractivity contribution < 1.29 is 19.4 Å². The quantitative estimate of drug-likeness (QED) is 0.369. The molecule has 0 unspecified atom stereocenters. The molecule has 0 bridgehead atoms. The van der Waals surface area contributed by atoms with Crippen LogP contribution in [-0.4, -0.2) is 71.8 Å². The highest BCUT2D eigenvalue weighted by Crippen LogP contribution is 2.30. The minimum absolute atomic E-state index is 0.0106. The van der Waals surface area contributed by atoms with Gasteiger partial charge < -0.3 is 24.4 Å². The zero-order valence-corrected chi connectivity index (χ0v) is 21.8. The number of hydrogen-bond donors (Lipinski definition) is 1. The number of carboxylic acid groups (broad SMARTS) is 1. The zero-order valence-electron chi connectivity index (χ0n) is 19.5. The van der Waals surface area contributed by atoms with Gasteiger partial charge in [0.2, 0.25) is 11.8 Å². The summed E-state index contributed by atoms with van der Waals surface area (Å²) in [4.78, 5) is 26.9. The van der Waals surface area contributed by atoms with Gasteiger partial charge in [0.05, 0.1) is 12.1 Å². The summed E-state index contributed by atoms with van der Waals surface area (Å²) < 4.78 is 9.94. The van der Waals surface area contributed by atoms with Crippen LogP contribution in [0.5, 0.6) is 11.6 Å². The number of halogens is 3. The van der Waals surface area contributed by atoms with Crippen molar-refractivity contribution in [3.05, 3.63) is 69.6 Å². The predicted octanol–water partition coefficient (Wildman–Crippen LogP) is 4.56. The van der Waals surface area contributed by atoms with E-state index in [1.807, 2.05) is 18.2 Å². The second kappa shape index (κ2) is 14.5. The van der Waals surface area contributed by atoms with E-state index in [-0.39, 0.29) is 21.1 Å². The number of rotatable bonds is 10. The molecule has 0 spiro atoms. The van der Waals surface area contributed by atoms with E-state index in [0.29, 0.717) is 0 Å². The third-order valence-corrected chi connectivity index (χ3v) is 5.32. The number of anilines is 1. The van der Waals surface area contributed by atoms with E-state index in [0.717, 1.165) is 31.3 Å². The summed E-state index contributed by atoms with van der Waals surface area (Å²) >= 11 is 16.8. The number of ether oxygens (including phenoxy) is 2. The Balaban J connectivity index is 0.000000269. The second-order valence-electron chi connectivity index (χ2n) is 7.35. The second-order valence-corrected chi connectivity index (χ2v) is 8.52. The molecule has 0 aliphatic heterocycles. The van der Waals surface area contributed by atoms with Gasteiger partial charge >= 0.3 is 5.97 Å². The topological polar surface area (TPSA) is 101 Å². The number of nitrogens with zero attached hydrogens (tertiary/aromatic N) is 5. The highest BCUT2D eigenvalue weighted by atomic mass is 35.5. The van der Waals surface area contributed by atoms with Crippen LogP contribution in [0.3, 0.4) is 0 Å².